The number of carbonyl (C=O) groups is 1. The van der Waals surface area contributed by atoms with E-state index in [1.807, 2.05) is 0 Å². The first kappa shape index (κ1) is 8.89. The summed E-state index contributed by atoms with van der Waals surface area (Å²) >= 11 is 0. The normalized spacial score (nSPS) is 10.5. The Labute approximate surface area is 57.6 Å². The fraction of sp³-hybridized carbons (Fsp3) is 0.333. The van der Waals surface area contributed by atoms with Crippen LogP contribution in [0.5, 0.6) is 0 Å². The molecule has 0 atom stereocenters. The van der Waals surface area contributed by atoms with Crippen LogP contribution in [0.25, 0.3) is 0 Å². The molecule has 0 amide bonds. The molecule has 0 aromatic carbocycles. The van der Waals surface area contributed by atoms with Crippen LogP contribution in [0.3, 0.4) is 0 Å². The molecule has 0 aliphatic rings. The Morgan fingerprint density at radius 3 is 2.10 bits per heavy atom. The van der Waals surface area contributed by atoms with E-state index in [0.29, 0.717) is 0 Å². The predicted molar refractivity (Wildman–Crippen MR) is 32.6 cm³/mol. The summed E-state index contributed by atoms with van der Waals surface area (Å²) in [6.07, 6.45) is 0. The van der Waals surface area contributed by atoms with Crippen LogP contribution in [-0.2, 0) is 19.1 Å². The van der Waals surface area contributed by atoms with E-state index in [0.717, 1.165) is 6.92 Å². The van der Waals surface area contributed by atoms with E-state index >= 15 is 0 Å². The third-order valence-corrected chi connectivity index (χ3v) is 1.65. The van der Waals surface area contributed by atoms with Crippen LogP contribution in [0.15, 0.2) is 0 Å². The molecule has 0 radical (unpaired) electrons. The molecule has 58 valence electrons. The molecular formula is C3H6N2O4S. The van der Waals surface area contributed by atoms with Gasteiger partial charge in [0, 0.05) is 6.92 Å². The predicted octanol–water partition coefficient (Wildman–Crippen LogP) is -1.23. The zero-order chi connectivity index (χ0) is 8.36. The Bertz CT molecular complexity index is 254. The molecule has 0 spiro atoms. The first-order valence-corrected chi connectivity index (χ1v) is 3.56. The van der Waals surface area contributed by atoms with Gasteiger partial charge in [0.15, 0.2) is 0 Å². The van der Waals surface area contributed by atoms with Crippen molar-refractivity contribution in [3.05, 3.63) is 0 Å². The number of nitrogens with two attached hydrogens (primary N) is 1. The Morgan fingerprint density at radius 2 is 2.00 bits per heavy atom. The largest absolute Gasteiger partial charge is 0.375 e. The molecule has 0 aromatic heterocycles. The molecule has 7 heteroatoms. The molecular weight excluding hydrogens is 160 g/mol. The summed E-state index contributed by atoms with van der Waals surface area (Å²) in [5, 5.41) is 5.19. The van der Waals surface area contributed by atoms with Gasteiger partial charge in [0.05, 0.1) is 0 Å². The van der Waals surface area contributed by atoms with Crippen molar-refractivity contribution in [3.63, 3.8) is 0 Å². The second kappa shape index (κ2) is 2.65. The lowest BCUT2D eigenvalue weighted by molar-refractivity contribution is -0.110. The number of rotatable bonds is 0. The highest BCUT2D eigenvalue weighted by Crippen LogP contribution is 1.92. The zero-order valence-corrected chi connectivity index (χ0v) is 5.94. The van der Waals surface area contributed by atoms with E-state index in [1.165, 1.54) is 0 Å². The van der Waals surface area contributed by atoms with E-state index in [-0.39, 0.29) is 0 Å². The Hall–Kier alpha value is -1.11. The molecule has 0 unspecified atom stereocenters. The van der Waals surface area contributed by atoms with Crippen molar-refractivity contribution in [2.24, 2.45) is 5.73 Å². The Morgan fingerprint density at radius 1 is 1.60 bits per heavy atom. The van der Waals surface area contributed by atoms with Crippen LogP contribution in [0, 0.1) is 5.41 Å². The third-order valence-electron chi connectivity index (χ3n) is 0.552. The van der Waals surface area contributed by atoms with Crippen molar-refractivity contribution in [2.75, 3.05) is 0 Å². The average Bonchev–Trinajstić information content (AvgIpc) is 1.60. The molecule has 0 aliphatic carbocycles. The lowest BCUT2D eigenvalue weighted by atomic mass is 10.9. The number of amidine groups is 1. The van der Waals surface area contributed by atoms with Crippen molar-refractivity contribution in [1.82, 2.24) is 0 Å². The Balaban J connectivity index is 4.46. The fourth-order valence-electron chi connectivity index (χ4n) is 0.177. The minimum atomic E-state index is -4.29. The van der Waals surface area contributed by atoms with Crippen LogP contribution in [0.2, 0.25) is 0 Å². The molecule has 0 rings (SSSR count). The molecule has 0 saturated heterocycles. The molecule has 0 heterocycles. The monoisotopic (exact) mass is 166 g/mol. The molecule has 0 saturated carbocycles. The van der Waals surface area contributed by atoms with Crippen molar-refractivity contribution in [2.45, 2.75) is 6.92 Å². The first-order chi connectivity index (χ1) is 4.36. The molecule has 0 fully saturated rings. The smallest absolute Gasteiger partial charge is 0.353 e. The van der Waals surface area contributed by atoms with Gasteiger partial charge in [-0.2, -0.15) is 8.42 Å². The summed E-state index contributed by atoms with van der Waals surface area (Å²) in [4.78, 5) is 10.1. The topological polar surface area (TPSA) is 110 Å². The maximum atomic E-state index is 10.3. The van der Waals surface area contributed by atoms with Crippen LogP contribution < -0.4 is 5.73 Å². The van der Waals surface area contributed by atoms with Crippen molar-refractivity contribution >= 4 is 21.3 Å². The Kier molecular flexibility index (Phi) is 2.36. The lowest BCUT2D eigenvalue weighted by Gasteiger charge is -1.97. The second-order valence-corrected chi connectivity index (χ2v) is 3.04. The van der Waals surface area contributed by atoms with Gasteiger partial charge in [0.25, 0.3) is 11.1 Å². The summed E-state index contributed by atoms with van der Waals surface area (Å²) in [5.74, 6) is 0. The number of nitrogens with one attached hydrogen (secondary N) is 1. The van der Waals surface area contributed by atoms with Crippen molar-refractivity contribution < 1.29 is 17.4 Å². The van der Waals surface area contributed by atoms with Crippen LogP contribution >= 0.6 is 0 Å². The molecule has 0 aromatic rings. The fourth-order valence-corrected chi connectivity index (χ4v) is 0.531. The van der Waals surface area contributed by atoms with Gasteiger partial charge < -0.3 is 9.92 Å². The highest BCUT2D eigenvalue weighted by molar-refractivity contribution is 8.02. The summed E-state index contributed by atoms with van der Waals surface area (Å²) in [6.45, 7) is 0.804. The zero-order valence-electron chi connectivity index (χ0n) is 5.12. The summed E-state index contributed by atoms with van der Waals surface area (Å²) in [6, 6.07) is -1.02. The maximum absolute atomic E-state index is 10.3. The molecule has 0 bridgehead atoms. The van der Waals surface area contributed by atoms with Gasteiger partial charge in [-0.25, -0.2) is 0 Å². The third kappa shape index (κ3) is 2.44. The number of hydrogen-bond acceptors (Lipinski definition) is 5. The van der Waals surface area contributed by atoms with Gasteiger partial charge in [-0.1, -0.05) is 0 Å². The highest BCUT2D eigenvalue weighted by atomic mass is 32.2. The summed E-state index contributed by atoms with van der Waals surface area (Å²) < 4.78 is 24.4. The highest BCUT2D eigenvalue weighted by Gasteiger charge is 2.19. The second-order valence-electron chi connectivity index (χ2n) is 1.39. The van der Waals surface area contributed by atoms with Gasteiger partial charge in [0.1, 0.15) is 0 Å². The van der Waals surface area contributed by atoms with E-state index < -0.39 is 21.3 Å². The van der Waals surface area contributed by atoms with E-state index in [2.05, 4.69) is 9.92 Å². The average molecular weight is 166 g/mol. The molecule has 0 aliphatic heterocycles. The van der Waals surface area contributed by atoms with Crippen molar-refractivity contribution in [3.8, 4) is 0 Å². The summed E-state index contributed by atoms with van der Waals surface area (Å²) in [7, 11) is -4.29. The quantitative estimate of drug-likeness (QED) is 0.266. The minimum absolute atomic E-state index is 0.804. The SMILES string of the molecule is CC(=O)S(=O)(=O)OC(=N)N. The minimum Gasteiger partial charge on any atom is -0.353 e. The maximum Gasteiger partial charge on any atom is 0.375 e. The van der Waals surface area contributed by atoms with E-state index in [9.17, 15) is 13.2 Å². The van der Waals surface area contributed by atoms with Crippen LogP contribution in [-0.4, -0.2) is 19.6 Å². The van der Waals surface area contributed by atoms with E-state index in [1.54, 1.807) is 0 Å². The molecule has 6 nitrogen and oxygen atoms in total. The van der Waals surface area contributed by atoms with Gasteiger partial charge >= 0.3 is 10.1 Å². The van der Waals surface area contributed by atoms with Gasteiger partial charge in [-0.05, 0) is 0 Å². The molecule has 10 heavy (non-hydrogen) atoms. The number of hydrogen-bond donors (Lipinski definition) is 2. The first-order valence-electron chi connectivity index (χ1n) is 2.15. The summed E-state index contributed by atoms with van der Waals surface area (Å²) in [5.41, 5.74) is 4.55. The lowest BCUT2D eigenvalue weighted by Crippen LogP contribution is -2.23. The van der Waals surface area contributed by atoms with Gasteiger partial charge in [-0.3, -0.25) is 10.2 Å². The van der Waals surface area contributed by atoms with Crippen molar-refractivity contribution in [1.29, 1.82) is 5.41 Å². The van der Waals surface area contributed by atoms with Gasteiger partial charge in [0.2, 0.25) is 0 Å². The van der Waals surface area contributed by atoms with Gasteiger partial charge in [-0.15, -0.1) is 0 Å². The van der Waals surface area contributed by atoms with E-state index in [4.69, 9.17) is 5.41 Å². The number of carbonyl (C=O) groups excluding carboxylic acids is 1. The molecule has 3 N–H and O–H groups in total. The standard InChI is InChI=1S/C3H6N2O4S/c1-2(6)10(7,8)9-3(4)5/h1H3,(H3,4,5). The van der Waals surface area contributed by atoms with Crippen LogP contribution in [0.4, 0.5) is 0 Å². The van der Waals surface area contributed by atoms with Crippen LogP contribution in [0.1, 0.15) is 6.92 Å².